The van der Waals surface area contributed by atoms with E-state index in [1.54, 1.807) is 18.0 Å². The summed E-state index contributed by atoms with van der Waals surface area (Å²) in [4.78, 5) is 4.19. The van der Waals surface area contributed by atoms with Gasteiger partial charge in [0.2, 0.25) is 0 Å². The van der Waals surface area contributed by atoms with Gasteiger partial charge >= 0.3 is 0 Å². The first-order chi connectivity index (χ1) is 12.9. The molecule has 0 aromatic carbocycles. The zero-order valence-corrected chi connectivity index (χ0v) is 15.9. The number of pyridine rings is 1. The van der Waals surface area contributed by atoms with Crippen molar-refractivity contribution in [1.29, 1.82) is 0 Å². The Balaban J connectivity index is 1.27. The van der Waals surface area contributed by atoms with Crippen molar-refractivity contribution in [2.24, 2.45) is 0 Å². The minimum atomic E-state index is 0.472. The van der Waals surface area contributed by atoms with E-state index in [4.69, 9.17) is 0 Å². The maximum Gasteiger partial charge on any atom is 0.191 e. The molecule has 0 spiro atoms. The van der Waals surface area contributed by atoms with Gasteiger partial charge in [0.1, 0.15) is 5.82 Å². The number of thioether (sulfide) groups is 2. The Morgan fingerprint density at radius 3 is 3.04 bits per heavy atom. The molecule has 3 aromatic heterocycles. The van der Waals surface area contributed by atoms with Gasteiger partial charge in [0.15, 0.2) is 16.1 Å². The Bertz CT molecular complexity index is 905. The molecule has 7 nitrogen and oxygen atoms in total. The molecule has 1 atom stereocenters. The van der Waals surface area contributed by atoms with Crippen LogP contribution in [0.4, 0.5) is 0 Å². The second-order valence-corrected chi connectivity index (χ2v) is 8.83. The molecule has 26 heavy (non-hydrogen) atoms. The fourth-order valence-electron chi connectivity index (χ4n) is 3.46. The van der Waals surface area contributed by atoms with Crippen molar-refractivity contribution in [3.05, 3.63) is 30.4 Å². The summed E-state index contributed by atoms with van der Waals surface area (Å²) >= 11 is 3.62. The van der Waals surface area contributed by atoms with Gasteiger partial charge in [-0.1, -0.05) is 29.9 Å². The van der Waals surface area contributed by atoms with Crippen LogP contribution in [0.15, 0.2) is 34.8 Å². The predicted molar refractivity (Wildman–Crippen MR) is 101 cm³/mol. The van der Waals surface area contributed by atoms with Crippen LogP contribution in [0.3, 0.4) is 0 Å². The highest BCUT2D eigenvalue weighted by atomic mass is 32.2. The van der Waals surface area contributed by atoms with Crippen molar-refractivity contribution in [1.82, 2.24) is 34.5 Å². The molecule has 0 N–H and O–H groups in total. The second kappa shape index (κ2) is 7.03. The third-order valence-corrected chi connectivity index (χ3v) is 7.27. The third kappa shape index (κ3) is 3.03. The van der Waals surface area contributed by atoms with Gasteiger partial charge in [-0.25, -0.2) is 0 Å². The van der Waals surface area contributed by atoms with Crippen LogP contribution in [0, 0.1) is 0 Å². The summed E-state index contributed by atoms with van der Waals surface area (Å²) in [6, 6.07) is 3.96. The van der Waals surface area contributed by atoms with E-state index in [0.717, 1.165) is 52.8 Å². The van der Waals surface area contributed by atoms with E-state index in [1.807, 2.05) is 30.1 Å². The van der Waals surface area contributed by atoms with E-state index in [9.17, 15) is 0 Å². The molecular weight excluding hydrogens is 366 g/mol. The molecule has 0 bridgehead atoms. The average molecular weight is 386 g/mol. The number of nitrogens with zero attached hydrogens (tertiary/aromatic N) is 7. The van der Waals surface area contributed by atoms with Crippen LogP contribution >= 0.6 is 23.5 Å². The van der Waals surface area contributed by atoms with Crippen molar-refractivity contribution in [3.8, 4) is 11.4 Å². The first-order valence-corrected chi connectivity index (χ1v) is 10.8. The lowest BCUT2D eigenvalue weighted by Gasteiger charge is -2.10. The number of rotatable bonds is 4. The normalized spacial score (nSPS) is 19.2. The van der Waals surface area contributed by atoms with Gasteiger partial charge in [0.25, 0.3) is 0 Å². The molecule has 9 heteroatoms. The summed E-state index contributed by atoms with van der Waals surface area (Å²) in [5.41, 5.74) is 1.02. The van der Waals surface area contributed by atoms with Crippen molar-refractivity contribution in [2.45, 2.75) is 54.3 Å². The van der Waals surface area contributed by atoms with E-state index in [1.165, 1.54) is 19.3 Å². The summed E-state index contributed by atoms with van der Waals surface area (Å²) in [6.45, 7) is 1.98. The lowest BCUT2D eigenvalue weighted by Crippen LogP contribution is -2.11. The topological polar surface area (TPSA) is 74.3 Å². The molecule has 0 aliphatic carbocycles. The molecular formula is C17H19N7S2. The fourth-order valence-corrected chi connectivity index (χ4v) is 5.72. The van der Waals surface area contributed by atoms with E-state index < -0.39 is 0 Å². The molecule has 3 aromatic rings. The SMILES string of the molecule is c1cncc(-c2nnc3n2CC(CSc2nnc4n2CCCCC4)S3)c1. The largest absolute Gasteiger partial charge is 0.306 e. The summed E-state index contributed by atoms with van der Waals surface area (Å²) < 4.78 is 4.52. The number of hydrogen-bond donors (Lipinski definition) is 0. The van der Waals surface area contributed by atoms with Crippen LogP contribution in [-0.2, 0) is 19.5 Å². The van der Waals surface area contributed by atoms with Gasteiger partial charge in [0.05, 0.1) is 0 Å². The summed E-state index contributed by atoms with van der Waals surface area (Å²) in [5, 5.41) is 20.1. The molecule has 5 heterocycles. The lowest BCUT2D eigenvalue weighted by atomic mass is 10.2. The smallest absolute Gasteiger partial charge is 0.191 e. The fraction of sp³-hybridized carbons (Fsp3) is 0.471. The number of aryl methyl sites for hydroxylation is 1. The highest BCUT2D eigenvalue weighted by Crippen LogP contribution is 2.37. The van der Waals surface area contributed by atoms with Gasteiger partial charge in [-0.15, -0.1) is 20.4 Å². The summed E-state index contributed by atoms with van der Waals surface area (Å²) in [5.74, 6) is 3.06. The van der Waals surface area contributed by atoms with E-state index in [2.05, 4.69) is 34.5 Å². The highest BCUT2D eigenvalue weighted by molar-refractivity contribution is 8.03. The van der Waals surface area contributed by atoms with Crippen LogP contribution in [0.25, 0.3) is 11.4 Å². The van der Waals surface area contributed by atoms with E-state index in [0.29, 0.717) is 5.25 Å². The molecule has 0 amide bonds. The van der Waals surface area contributed by atoms with Gasteiger partial charge in [0, 0.05) is 48.5 Å². The quantitative estimate of drug-likeness (QED) is 0.639. The predicted octanol–water partition coefficient (Wildman–Crippen LogP) is 2.92. The molecule has 1 unspecified atom stereocenters. The average Bonchev–Trinajstić information content (AvgIpc) is 3.30. The first-order valence-electron chi connectivity index (χ1n) is 8.93. The van der Waals surface area contributed by atoms with Crippen LogP contribution in [-0.4, -0.2) is 45.5 Å². The van der Waals surface area contributed by atoms with Gasteiger partial charge in [-0.2, -0.15) is 0 Å². The van der Waals surface area contributed by atoms with Crippen LogP contribution < -0.4 is 0 Å². The monoisotopic (exact) mass is 385 g/mol. The first kappa shape index (κ1) is 16.3. The van der Waals surface area contributed by atoms with Crippen LogP contribution in [0.1, 0.15) is 25.1 Å². The van der Waals surface area contributed by atoms with Crippen molar-refractivity contribution >= 4 is 23.5 Å². The van der Waals surface area contributed by atoms with E-state index >= 15 is 0 Å². The summed E-state index contributed by atoms with van der Waals surface area (Å²) in [7, 11) is 0. The van der Waals surface area contributed by atoms with Gasteiger partial charge < -0.3 is 9.13 Å². The second-order valence-electron chi connectivity index (χ2n) is 6.57. The molecule has 5 rings (SSSR count). The number of aromatic nitrogens is 7. The van der Waals surface area contributed by atoms with Crippen molar-refractivity contribution in [3.63, 3.8) is 0 Å². The molecule has 0 radical (unpaired) electrons. The number of fused-ring (bicyclic) bond motifs is 2. The third-order valence-electron chi connectivity index (χ3n) is 4.77. The zero-order chi connectivity index (χ0) is 17.3. The van der Waals surface area contributed by atoms with Crippen LogP contribution in [0.5, 0.6) is 0 Å². The lowest BCUT2D eigenvalue weighted by molar-refractivity contribution is 0.590. The minimum absolute atomic E-state index is 0.472. The Morgan fingerprint density at radius 2 is 2.12 bits per heavy atom. The standard InChI is InChI=1S/C17H19N7S2/c1-2-6-14-19-21-16(23(14)8-3-1)25-11-13-10-24-15(20-22-17(24)26-13)12-5-4-7-18-9-12/h4-5,7,9,13H,1-3,6,8,10-11H2. The van der Waals surface area contributed by atoms with Crippen LogP contribution in [0.2, 0.25) is 0 Å². The Morgan fingerprint density at radius 1 is 1.12 bits per heavy atom. The van der Waals surface area contributed by atoms with Gasteiger partial charge in [-0.05, 0) is 25.0 Å². The maximum atomic E-state index is 4.43. The summed E-state index contributed by atoms with van der Waals surface area (Å²) in [6.07, 6.45) is 8.42. The van der Waals surface area contributed by atoms with Gasteiger partial charge in [-0.3, -0.25) is 4.98 Å². The molecule has 0 saturated carbocycles. The minimum Gasteiger partial charge on any atom is -0.306 e. The van der Waals surface area contributed by atoms with Crippen molar-refractivity contribution < 1.29 is 0 Å². The highest BCUT2D eigenvalue weighted by Gasteiger charge is 2.28. The zero-order valence-electron chi connectivity index (χ0n) is 14.3. The molecule has 134 valence electrons. The maximum absolute atomic E-state index is 4.43. The van der Waals surface area contributed by atoms with E-state index in [-0.39, 0.29) is 0 Å². The Kier molecular flexibility index (Phi) is 4.41. The Hall–Kier alpha value is -1.87. The Labute approximate surface area is 160 Å². The molecule has 0 saturated heterocycles. The molecule has 2 aliphatic heterocycles. The molecule has 2 aliphatic rings. The molecule has 0 fully saturated rings. The van der Waals surface area contributed by atoms with Crippen molar-refractivity contribution in [2.75, 3.05) is 5.75 Å². The number of hydrogen-bond acceptors (Lipinski definition) is 7.